The van der Waals surface area contributed by atoms with E-state index in [1.54, 1.807) is 35.7 Å². The van der Waals surface area contributed by atoms with E-state index < -0.39 is 0 Å². The van der Waals surface area contributed by atoms with E-state index in [9.17, 15) is 4.79 Å². The van der Waals surface area contributed by atoms with Crippen molar-refractivity contribution in [2.75, 3.05) is 0 Å². The summed E-state index contributed by atoms with van der Waals surface area (Å²) in [5.74, 6) is 0.568. The van der Waals surface area contributed by atoms with Gasteiger partial charge < -0.3 is 10.1 Å². The van der Waals surface area contributed by atoms with Gasteiger partial charge in [0.1, 0.15) is 6.10 Å². The van der Waals surface area contributed by atoms with Crippen molar-refractivity contribution >= 4 is 34.9 Å². The molecule has 1 saturated carbocycles. The number of carbonyl (C=O) groups excluding carboxylic acids is 1. The Kier molecular flexibility index (Phi) is 5.88. The molecule has 0 aliphatic heterocycles. The van der Waals surface area contributed by atoms with Crippen molar-refractivity contribution in [2.24, 2.45) is 0 Å². The topological polar surface area (TPSA) is 51.2 Å². The molecule has 0 radical (unpaired) electrons. The molecule has 3 rings (SSSR count). The quantitative estimate of drug-likeness (QED) is 0.806. The van der Waals surface area contributed by atoms with Gasteiger partial charge in [-0.3, -0.25) is 4.79 Å². The lowest BCUT2D eigenvalue weighted by atomic mass is 9.93. The van der Waals surface area contributed by atoms with Crippen molar-refractivity contribution in [1.29, 1.82) is 0 Å². The van der Waals surface area contributed by atoms with Gasteiger partial charge in [-0.15, -0.1) is 11.3 Å². The van der Waals surface area contributed by atoms with Crippen molar-refractivity contribution in [3.05, 3.63) is 51.8 Å². The molecule has 0 aromatic carbocycles. The smallest absolute Gasteiger partial charge is 0.244 e. The predicted molar refractivity (Wildman–Crippen MR) is 97.4 cm³/mol. The predicted octanol–water partition coefficient (Wildman–Crippen LogP) is 4.32. The normalized spacial score (nSPS) is 20.9. The van der Waals surface area contributed by atoms with Gasteiger partial charge in [-0.1, -0.05) is 17.7 Å². The summed E-state index contributed by atoms with van der Waals surface area (Å²) in [6.07, 6.45) is 8.82. The van der Waals surface area contributed by atoms with E-state index in [2.05, 4.69) is 10.3 Å². The molecule has 2 aromatic rings. The molecule has 0 bridgehead atoms. The Labute approximate surface area is 150 Å². The molecule has 2 aromatic heterocycles. The average Bonchev–Trinajstić information content (AvgIpc) is 3.10. The Balaban J connectivity index is 1.41. The summed E-state index contributed by atoms with van der Waals surface area (Å²) >= 11 is 7.43. The van der Waals surface area contributed by atoms with Crippen LogP contribution in [0.4, 0.5) is 0 Å². The second-order valence-electron chi connectivity index (χ2n) is 5.76. The Morgan fingerprint density at radius 2 is 2.12 bits per heavy atom. The van der Waals surface area contributed by atoms with Crippen LogP contribution in [0.25, 0.3) is 6.08 Å². The van der Waals surface area contributed by atoms with Crippen molar-refractivity contribution in [1.82, 2.24) is 10.3 Å². The van der Waals surface area contributed by atoms with Gasteiger partial charge in [0.15, 0.2) is 0 Å². The van der Waals surface area contributed by atoms with E-state index in [0.717, 1.165) is 30.6 Å². The molecule has 1 aliphatic carbocycles. The molecule has 0 unspecified atom stereocenters. The zero-order chi connectivity index (χ0) is 16.8. The number of halogens is 1. The number of thiophene rings is 1. The maximum absolute atomic E-state index is 12.0. The molecule has 1 aliphatic rings. The number of aromatic nitrogens is 1. The van der Waals surface area contributed by atoms with Crippen molar-refractivity contribution in [2.45, 2.75) is 37.8 Å². The third-order valence-corrected chi connectivity index (χ3v) is 5.01. The summed E-state index contributed by atoms with van der Waals surface area (Å²) in [6.45, 7) is 0. The van der Waals surface area contributed by atoms with Crippen molar-refractivity contribution in [3.63, 3.8) is 0 Å². The fourth-order valence-corrected chi connectivity index (χ4v) is 3.45. The van der Waals surface area contributed by atoms with Gasteiger partial charge in [0.25, 0.3) is 0 Å². The molecular weight excluding hydrogens is 344 g/mol. The first-order valence-corrected chi connectivity index (χ1v) is 9.25. The van der Waals surface area contributed by atoms with E-state index in [-0.39, 0.29) is 18.1 Å². The maximum atomic E-state index is 12.0. The van der Waals surface area contributed by atoms with Crippen LogP contribution >= 0.6 is 22.9 Å². The second kappa shape index (κ2) is 8.31. The van der Waals surface area contributed by atoms with Crippen LogP contribution in [0.5, 0.6) is 5.88 Å². The fourth-order valence-electron chi connectivity index (χ4n) is 2.72. The number of carbonyl (C=O) groups is 1. The largest absolute Gasteiger partial charge is 0.474 e. The van der Waals surface area contributed by atoms with Crippen LogP contribution < -0.4 is 10.1 Å². The van der Waals surface area contributed by atoms with Gasteiger partial charge in [-0.2, -0.15) is 0 Å². The first-order chi connectivity index (χ1) is 11.7. The highest BCUT2D eigenvalue weighted by Gasteiger charge is 2.23. The molecule has 126 valence electrons. The number of rotatable bonds is 5. The summed E-state index contributed by atoms with van der Waals surface area (Å²) in [4.78, 5) is 17.2. The van der Waals surface area contributed by atoms with Crippen LogP contribution in [0.15, 0.2) is 41.9 Å². The van der Waals surface area contributed by atoms with E-state index in [1.165, 1.54) is 0 Å². The molecule has 24 heavy (non-hydrogen) atoms. The molecule has 0 saturated heterocycles. The minimum absolute atomic E-state index is 0.0351. The zero-order valence-corrected chi connectivity index (χ0v) is 14.7. The molecule has 4 nitrogen and oxygen atoms in total. The Morgan fingerprint density at radius 3 is 2.79 bits per heavy atom. The molecule has 1 N–H and O–H groups in total. The van der Waals surface area contributed by atoms with E-state index in [4.69, 9.17) is 16.3 Å². The number of nitrogens with one attached hydrogen (secondary N) is 1. The van der Waals surface area contributed by atoms with E-state index in [1.807, 2.05) is 23.6 Å². The van der Waals surface area contributed by atoms with Gasteiger partial charge in [-0.05, 0) is 49.3 Å². The van der Waals surface area contributed by atoms with Crippen LogP contribution in [0.3, 0.4) is 0 Å². The van der Waals surface area contributed by atoms with Crippen LogP contribution in [0.2, 0.25) is 5.02 Å². The van der Waals surface area contributed by atoms with Gasteiger partial charge >= 0.3 is 0 Å². The van der Waals surface area contributed by atoms with Crippen LogP contribution in [0, 0.1) is 0 Å². The Morgan fingerprint density at radius 1 is 1.29 bits per heavy atom. The molecule has 0 atom stereocenters. The lowest BCUT2D eigenvalue weighted by Gasteiger charge is -2.28. The minimum atomic E-state index is -0.0351. The Hall–Kier alpha value is -1.85. The lowest BCUT2D eigenvalue weighted by Crippen LogP contribution is -2.39. The van der Waals surface area contributed by atoms with Gasteiger partial charge in [0, 0.05) is 29.3 Å². The maximum Gasteiger partial charge on any atom is 0.244 e. The number of pyridine rings is 1. The van der Waals surface area contributed by atoms with Crippen LogP contribution in [-0.2, 0) is 4.79 Å². The standard InChI is InChI=1S/C18H19ClN2O2S/c19-13-3-10-18(20-12-13)23-15-6-4-14(5-7-15)21-17(22)9-8-16-2-1-11-24-16/h1-3,8-12,14-15H,4-7H2,(H,21,22)/b9-8+. The monoisotopic (exact) mass is 362 g/mol. The van der Waals surface area contributed by atoms with Crippen LogP contribution in [-0.4, -0.2) is 23.0 Å². The molecule has 6 heteroatoms. The minimum Gasteiger partial charge on any atom is -0.474 e. The highest BCUT2D eigenvalue weighted by Crippen LogP contribution is 2.23. The zero-order valence-electron chi connectivity index (χ0n) is 13.2. The number of hydrogen-bond acceptors (Lipinski definition) is 4. The summed E-state index contributed by atoms with van der Waals surface area (Å²) in [5, 5.41) is 5.66. The first kappa shape index (κ1) is 17.0. The summed E-state index contributed by atoms with van der Waals surface area (Å²) in [6, 6.07) is 7.73. The highest BCUT2D eigenvalue weighted by molar-refractivity contribution is 7.10. The summed E-state index contributed by atoms with van der Waals surface area (Å²) in [5.41, 5.74) is 0. The van der Waals surface area contributed by atoms with E-state index >= 15 is 0 Å². The summed E-state index contributed by atoms with van der Waals surface area (Å²) < 4.78 is 5.86. The first-order valence-electron chi connectivity index (χ1n) is 7.99. The second-order valence-corrected chi connectivity index (χ2v) is 7.18. The van der Waals surface area contributed by atoms with Gasteiger partial charge in [0.05, 0.1) is 5.02 Å². The van der Waals surface area contributed by atoms with E-state index in [0.29, 0.717) is 10.9 Å². The van der Waals surface area contributed by atoms with Gasteiger partial charge in [0.2, 0.25) is 11.8 Å². The molecule has 2 heterocycles. The number of ether oxygens (including phenoxy) is 1. The highest BCUT2D eigenvalue weighted by atomic mass is 35.5. The molecule has 0 spiro atoms. The van der Waals surface area contributed by atoms with Crippen molar-refractivity contribution in [3.8, 4) is 5.88 Å². The molecular formula is C18H19ClN2O2S. The third kappa shape index (κ3) is 5.08. The van der Waals surface area contributed by atoms with Crippen molar-refractivity contribution < 1.29 is 9.53 Å². The number of nitrogens with zero attached hydrogens (tertiary/aromatic N) is 1. The summed E-state index contributed by atoms with van der Waals surface area (Å²) in [7, 11) is 0. The lowest BCUT2D eigenvalue weighted by molar-refractivity contribution is -0.117. The third-order valence-electron chi connectivity index (χ3n) is 3.95. The molecule has 1 fully saturated rings. The van der Waals surface area contributed by atoms with Crippen LogP contribution in [0.1, 0.15) is 30.6 Å². The van der Waals surface area contributed by atoms with Gasteiger partial charge in [-0.25, -0.2) is 4.98 Å². The average molecular weight is 363 g/mol. The number of hydrogen-bond donors (Lipinski definition) is 1. The molecule has 1 amide bonds. The SMILES string of the molecule is O=C(/C=C/c1cccs1)NC1CCC(Oc2ccc(Cl)cn2)CC1. The number of amides is 1. The fraction of sp³-hybridized carbons (Fsp3) is 0.333. The Bertz CT molecular complexity index is 678.